The molecule has 1 unspecified atom stereocenters. The molecular formula is C27H41O8P. The highest BCUT2D eigenvalue weighted by atomic mass is 31.2. The Kier molecular flexibility index (Phi) is 21.3. The Bertz CT molecular complexity index is 818. The summed E-state index contributed by atoms with van der Waals surface area (Å²) < 4.78 is 25.0. The van der Waals surface area contributed by atoms with Gasteiger partial charge in [-0.2, -0.15) is 0 Å². The van der Waals surface area contributed by atoms with Crippen LogP contribution in [0.5, 0.6) is 0 Å². The second-order valence-electron chi connectivity index (χ2n) is 7.65. The standard InChI is InChI=1S/C27H41O8P/c1-3-4-5-6-7-8-9-10-11-12-13-14-15-16-17-18-19-20-21-22-27(29)35-26(23-33-25(2)28)24-34-36(30,31)32/h4-5,7-8,10-11,13-14,16-17,19-20,26H,3,6,9,12,15,18,21-24H2,1-2H3,(H2,30,31,32)/b5-4-,8-7-,11-10-,14-13-,17-16-,20-19-. The number of phosphoric acid groups is 1. The quantitative estimate of drug-likeness (QED) is 0.112. The van der Waals surface area contributed by atoms with Gasteiger partial charge in [0.2, 0.25) is 0 Å². The monoisotopic (exact) mass is 524 g/mol. The van der Waals surface area contributed by atoms with E-state index in [0.717, 1.165) is 38.5 Å². The fraction of sp³-hybridized carbons (Fsp3) is 0.481. The van der Waals surface area contributed by atoms with Gasteiger partial charge in [0.05, 0.1) is 6.61 Å². The van der Waals surface area contributed by atoms with Gasteiger partial charge in [0.1, 0.15) is 6.61 Å². The summed E-state index contributed by atoms with van der Waals surface area (Å²) in [6.07, 6.45) is 30.2. The number of phosphoric ester groups is 1. The molecule has 0 radical (unpaired) electrons. The number of hydrogen-bond donors (Lipinski definition) is 2. The van der Waals surface area contributed by atoms with E-state index in [1.54, 1.807) is 0 Å². The summed E-state index contributed by atoms with van der Waals surface area (Å²) in [5, 5.41) is 0. The molecule has 1 atom stereocenters. The lowest BCUT2D eigenvalue weighted by Gasteiger charge is -2.17. The fourth-order valence-corrected chi connectivity index (χ4v) is 2.95. The Morgan fingerprint density at radius 2 is 1.19 bits per heavy atom. The van der Waals surface area contributed by atoms with Gasteiger partial charge in [-0.3, -0.25) is 14.1 Å². The molecule has 0 aliphatic rings. The maximum absolute atomic E-state index is 11.9. The minimum absolute atomic E-state index is 0.0780. The predicted octanol–water partition coefficient (Wildman–Crippen LogP) is 6.05. The number of hydrogen-bond acceptors (Lipinski definition) is 6. The van der Waals surface area contributed by atoms with Gasteiger partial charge >= 0.3 is 19.8 Å². The molecule has 9 heteroatoms. The van der Waals surface area contributed by atoms with E-state index in [-0.39, 0.29) is 13.0 Å². The Morgan fingerprint density at radius 3 is 1.61 bits per heavy atom. The van der Waals surface area contributed by atoms with Crippen molar-refractivity contribution in [1.82, 2.24) is 0 Å². The van der Waals surface area contributed by atoms with Gasteiger partial charge in [0, 0.05) is 13.3 Å². The fourth-order valence-electron chi connectivity index (χ4n) is 2.59. The van der Waals surface area contributed by atoms with Gasteiger partial charge in [-0.15, -0.1) is 0 Å². The van der Waals surface area contributed by atoms with Crippen molar-refractivity contribution in [3.63, 3.8) is 0 Å². The van der Waals surface area contributed by atoms with Crippen molar-refractivity contribution in [3.05, 3.63) is 72.9 Å². The number of esters is 2. The molecule has 0 aromatic rings. The van der Waals surface area contributed by atoms with E-state index in [1.807, 2.05) is 18.2 Å². The average Bonchev–Trinajstić information content (AvgIpc) is 2.81. The van der Waals surface area contributed by atoms with Crippen LogP contribution in [0.3, 0.4) is 0 Å². The molecule has 0 bridgehead atoms. The zero-order valence-corrected chi connectivity index (χ0v) is 22.3. The molecule has 202 valence electrons. The third-order valence-corrected chi connectivity index (χ3v) is 4.80. The highest BCUT2D eigenvalue weighted by molar-refractivity contribution is 7.46. The summed E-state index contributed by atoms with van der Waals surface area (Å²) in [5.74, 6) is -1.19. The summed E-state index contributed by atoms with van der Waals surface area (Å²) in [6.45, 7) is 2.37. The van der Waals surface area contributed by atoms with Crippen molar-refractivity contribution >= 4 is 19.8 Å². The number of carbonyl (C=O) groups excluding carboxylic acids is 2. The van der Waals surface area contributed by atoms with Crippen molar-refractivity contribution in [2.75, 3.05) is 13.2 Å². The van der Waals surface area contributed by atoms with Gasteiger partial charge in [-0.25, -0.2) is 4.57 Å². The molecule has 0 aromatic heterocycles. The summed E-state index contributed by atoms with van der Waals surface area (Å²) in [5.41, 5.74) is 0. The molecule has 0 saturated carbocycles. The first-order valence-electron chi connectivity index (χ1n) is 12.2. The molecule has 0 aliphatic heterocycles. The minimum atomic E-state index is -4.73. The van der Waals surface area contributed by atoms with Crippen LogP contribution in [-0.2, 0) is 28.2 Å². The van der Waals surface area contributed by atoms with Gasteiger partial charge < -0.3 is 19.3 Å². The second kappa shape index (κ2) is 22.9. The van der Waals surface area contributed by atoms with E-state index >= 15 is 0 Å². The van der Waals surface area contributed by atoms with Crippen LogP contribution < -0.4 is 0 Å². The Balaban J connectivity index is 3.98. The molecule has 0 rings (SSSR count). The van der Waals surface area contributed by atoms with Gasteiger partial charge in [-0.05, 0) is 44.9 Å². The van der Waals surface area contributed by atoms with Crippen LogP contribution in [0.2, 0.25) is 0 Å². The zero-order valence-electron chi connectivity index (χ0n) is 21.4. The van der Waals surface area contributed by atoms with Crippen LogP contribution in [0.1, 0.15) is 65.2 Å². The third-order valence-electron chi connectivity index (χ3n) is 4.31. The molecule has 0 aliphatic carbocycles. The first-order chi connectivity index (χ1) is 17.2. The Labute approximate surface area is 215 Å². The van der Waals surface area contributed by atoms with E-state index in [2.05, 4.69) is 66.1 Å². The molecule has 2 N–H and O–H groups in total. The van der Waals surface area contributed by atoms with E-state index in [1.165, 1.54) is 6.92 Å². The van der Waals surface area contributed by atoms with E-state index in [9.17, 15) is 14.2 Å². The molecule has 0 spiro atoms. The molecule has 0 fully saturated rings. The van der Waals surface area contributed by atoms with Crippen LogP contribution in [0.25, 0.3) is 0 Å². The first-order valence-corrected chi connectivity index (χ1v) is 13.7. The van der Waals surface area contributed by atoms with Crippen molar-refractivity contribution in [2.45, 2.75) is 71.3 Å². The smallest absolute Gasteiger partial charge is 0.462 e. The normalized spacial score (nSPS) is 13.8. The van der Waals surface area contributed by atoms with Crippen molar-refractivity contribution < 1.29 is 37.9 Å². The molecule has 36 heavy (non-hydrogen) atoms. The summed E-state index contributed by atoms with van der Waals surface area (Å²) >= 11 is 0. The molecule has 0 heterocycles. The predicted molar refractivity (Wildman–Crippen MR) is 142 cm³/mol. The molecule has 0 aromatic carbocycles. The highest BCUT2D eigenvalue weighted by Crippen LogP contribution is 2.35. The largest absolute Gasteiger partial charge is 0.469 e. The Hall–Kier alpha value is -2.51. The number of carbonyl (C=O) groups is 2. The van der Waals surface area contributed by atoms with Crippen molar-refractivity contribution in [3.8, 4) is 0 Å². The van der Waals surface area contributed by atoms with Crippen LogP contribution in [0.15, 0.2) is 72.9 Å². The second-order valence-corrected chi connectivity index (χ2v) is 8.89. The third kappa shape index (κ3) is 26.1. The van der Waals surface area contributed by atoms with Crippen LogP contribution in [-0.4, -0.2) is 41.0 Å². The lowest BCUT2D eigenvalue weighted by Crippen LogP contribution is -2.29. The highest BCUT2D eigenvalue weighted by Gasteiger charge is 2.22. The van der Waals surface area contributed by atoms with Gasteiger partial charge in [0.15, 0.2) is 6.10 Å². The lowest BCUT2D eigenvalue weighted by atomic mass is 10.2. The van der Waals surface area contributed by atoms with Crippen molar-refractivity contribution in [2.24, 2.45) is 0 Å². The Morgan fingerprint density at radius 1 is 0.750 bits per heavy atom. The maximum atomic E-state index is 11.9. The molecule has 0 amide bonds. The van der Waals surface area contributed by atoms with E-state index < -0.39 is 32.5 Å². The summed E-state index contributed by atoms with van der Waals surface area (Å²) in [4.78, 5) is 40.4. The van der Waals surface area contributed by atoms with Gasteiger partial charge in [0.25, 0.3) is 0 Å². The van der Waals surface area contributed by atoms with Crippen LogP contribution in [0, 0.1) is 0 Å². The van der Waals surface area contributed by atoms with Crippen LogP contribution >= 0.6 is 7.82 Å². The first kappa shape index (κ1) is 33.5. The van der Waals surface area contributed by atoms with Crippen molar-refractivity contribution in [1.29, 1.82) is 0 Å². The molecule has 0 saturated heterocycles. The zero-order chi connectivity index (χ0) is 26.9. The van der Waals surface area contributed by atoms with E-state index in [4.69, 9.17) is 19.3 Å². The van der Waals surface area contributed by atoms with Crippen LogP contribution in [0.4, 0.5) is 0 Å². The number of rotatable bonds is 20. The maximum Gasteiger partial charge on any atom is 0.469 e. The minimum Gasteiger partial charge on any atom is -0.462 e. The summed E-state index contributed by atoms with van der Waals surface area (Å²) in [7, 11) is -4.73. The summed E-state index contributed by atoms with van der Waals surface area (Å²) in [6, 6.07) is 0. The lowest BCUT2D eigenvalue weighted by molar-refractivity contribution is -0.160. The SMILES string of the molecule is CC/C=C\C/C=C\C/C=C\C/C=C\C/C=C\C/C=C\CCC(=O)OC(COC(C)=O)COP(=O)(O)O. The van der Waals surface area contributed by atoms with E-state index in [0.29, 0.717) is 6.42 Å². The van der Waals surface area contributed by atoms with Gasteiger partial charge in [-0.1, -0.05) is 79.8 Å². The number of allylic oxidation sites excluding steroid dienone is 12. The average molecular weight is 525 g/mol. The molecule has 8 nitrogen and oxygen atoms in total. The molecular weight excluding hydrogens is 483 g/mol. The topological polar surface area (TPSA) is 119 Å². The number of ether oxygens (including phenoxy) is 2.